The van der Waals surface area contributed by atoms with Gasteiger partial charge < -0.3 is 10.6 Å². The standard InChI is InChI=1S/C15H17BrN4O/c1-2-3-8-17-14(21)13-7-9-18-15(20-13)19-12-6-4-5-11(16)10-12/h4-7,9-10H,2-3,8H2,1H3,(H,17,21)(H,18,19,20). The van der Waals surface area contributed by atoms with Gasteiger partial charge in [0.05, 0.1) is 0 Å². The van der Waals surface area contributed by atoms with Crippen LogP contribution < -0.4 is 10.6 Å². The second-order valence-corrected chi connectivity index (χ2v) is 5.43. The average molecular weight is 349 g/mol. The topological polar surface area (TPSA) is 66.9 Å². The molecule has 0 atom stereocenters. The Balaban J connectivity index is 2.05. The third kappa shape index (κ3) is 4.82. The van der Waals surface area contributed by atoms with Crippen molar-refractivity contribution >= 4 is 33.5 Å². The number of hydrogen-bond acceptors (Lipinski definition) is 4. The number of aromatic nitrogens is 2. The van der Waals surface area contributed by atoms with E-state index in [4.69, 9.17) is 0 Å². The quantitative estimate of drug-likeness (QED) is 0.784. The van der Waals surface area contributed by atoms with E-state index in [-0.39, 0.29) is 5.91 Å². The van der Waals surface area contributed by atoms with Crippen molar-refractivity contribution in [2.75, 3.05) is 11.9 Å². The fraction of sp³-hybridized carbons (Fsp3) is 0.267. The summed E-state index contributed by atoms with van der Waals surface area (Å²) >= 11 is 3.40. The minimum atomic E-state index is -0.178. The van der Waals surface area contributed by atoms with Crippen LogP contribution >= 0.6 is 15.9 Å². The number of anilines is 2. The molecule has 21 heavy (non-hydrogen) atoms. The molecule has 6 heteroatoms. The predicted molar refractivity (Wildman–Crippen MR) is 86.7 cm³/mol. The summed E-state index contributed by atoms with van der Waals surface area (Å²) in [6, 6.07) is 9.27. The van der Waals surface area contributed by atoms with Gasteiger partial charge in [0, 0.05) is 22.9 Å². The van der Waals surface area contributed by atoms with E-state index in [1.54, 1.807) is 12.3 Å². The number of hydrogen-bond donors (Lipinski definition) is 2. The maximum atomic E-state index is 11.9. The first-order valence-electron chi connectivity index (χ1n) is 6.83. The van der Waals surface area contributed by atoms with Crippen LogP contribution in [0.2, 0.25) is 0 Å². The molecule has 0 aliphatic carbocycles. The Morgan fingerprint density at radius 3 is 2.95 bits per heavy atom. The monoisotopic (exact) mass is 348 g/mol. The molecule has 5 nitrogen and oxygen atoms in total. The fourth-order valence-corrected chi connectivity index (χ4v) is 2.11. The zero-order valence-corrected chi connectivity index (χ0v) is 13.4. The van der Waals surface area contributed by atoms with Gasteiger partial charge >= 0.3 is 0 Å². The van der Waals surface area contributed by atoms with Gasteiger partial charge in [-0.2, -0.15) is 0 Å². The molecule has 0 unspecified atom stereocenters. The largest absolute Gasteiger partial charge is 0.351 e. The second-order valence-electron chi connectivity index (χ2n) is 4.51. The summed E-state index contributed by atoms with van der Waals surface area (Å²) < 4.78 is 0.959. The molecule has 2 aromatic rings. The molecule has 1 heterocycles. The summed E-state index contributed by atoms with van der Waals surface area (Å²) in [5.41, 5.74) is 1.21. The van der Waals surface area contributed by atoms with Gasteiger partial charge in [-0.1, -0.05) is 35.3 Å². The fourth-order valence-electron chi connectivity index (χ4n) is 1.71. The highest BCUT2D eigenvalue weighted by Crippen LogP contribution is 2.18. The van der Waals surface area contributed by atoms with Crippen LogP contribution in [0.25, 0.3) is 0 Å². The lowest BCUT2D eigenvalue weighted by molar-refractivity contribution is 0.0948. The van der Waals surface area contributed by atoms with E-state index in [9.17, 15) is 4.79 Å². The number of nitrogens with one attached hydrogen (secondary N) is 2. The first-order valence-corrected chi connectivity index (χ1v) is 7.62. The van der Waals surface area contributed by atoms with Crippen LogP contribution in [0.15, 0.2) is 41.0 Å². The average Bonchev–Trinajstić information content (AvgIpc) is 2.48. The molecule has 2 N–H and O–H groups in total. The molecule has 1 aromatic heterocycles. The predicted octanol–water partition coefficient (Wildman–Crippen LogP) is 3.51. The van der Waals surface area contributed by atoms with Crippen LogP contribution in [0.5, 0.6) is 0 Å². The number of rotatable bonds is 6. The third-order valence-electron chi connectivity index (χ3n) is 2.78. The molecule has 1 aromatic carbocycles. The molecule has 1 amide bonds. The molecular formula is C15H17BrN4O. The van der Waals surface area contributed by atoms with Crippen LogP contribution in [-0.4, -0.2) is 22.4 Å². The number of benzene rings is 1. The lowest BCUT2D eigenvalue weighted by atomic mass is 10.3. The van der Waals surface area contributed by atoms with Crippen molar-refractivity contribution in [3.63, 3.8) is 0 Å². The van der Waals surface area contributed by atoms with Crippen molar-refractivity contribution in [3.05, 3.63) is 46.7 Å². The summed E-state index contributed by atoms with van der Waals surface area (Å²) in [7, 11) is 0. The molecule has 0 fully saturated rings. The molecule has 0 aliphatic rings. The van der Waals surface area contributed by atoms with Gasteiger partial charge in [0.25, 0.3) is 5.91 Å². The Kier molecular flexibility index (Phi) is 5.68. The summed E-state index contributed by atoms with van der Waals surface area (Å²) in [5.74, 6) is 0.222. The van der Waals surface area contributed by atoms with E-state index in [0.717, 1.165) is 23.0 Å². The lowest BCUT2D eigenvalue weighted by Gasteiger charge is -2.07. The minimum absolute atomic E-state index is 0.178. The maximum Gasteiger partial charge on any atom is 0.270 e. The molecule has 0 saturated heterocycles. The molecule has 0 saturated carbocycles. The smallest absolute Gasteiger partial charge is 0.270 e. The summed E-state index contributed by atoms with van der Waals surface area (Å²) in [6.07, 6.45) is 3.57. The van der Waals surface area contributed by atoms with Crippen molar-refractivity contribution in [2.24, 2.45) is 0 Å². The molecule has 0 bridgehead atoms. The summed E-state index contributed by atoms with van der Waals surface area (Å²) in [5, 5.41) is 5.91. The van der Waals surface area contributed by atoms with E-state index in [2.05, 4.69) is 43.5 Å². The van der Waals surface area contributed by atoms with Crippen LogP contribution in [0.3, 0.4) is 0 Å². The highest BCUT2D eigenvalue weighted by Gasteiger charge is 2.08. The number of amides is 1. The summed E-state index contributed by atoms with van der Waals surface area (Å²) in [6.45, 7) is 2.74. The van der Waals surface area contributed by atoms with Crippen LogP contribution in [-0.2, 0) is 0 Å². The molecule has 0 aliphatic heterocycles. The van der Waals surface area contributed by atoms with Gasteiger partial charge in [0.1, 0.15) is 5.69 Å². The minimum Gasteiger partial charge on any atom is -0.351 e. The van der Waals surface area contributed by atoms with E-state index in [1.807, 2.05) is 24.3 Å². The zero-order chi connectivity index (χ0) is 15.1. The third-order valence-corrected chi connectivity index (χ3v) is 3.28. The summed E-state index contributed by atoms with van der Waals surface area (Å²) in [4.78, 5) is 20.3. The molecule has 0 spiro atoms. The van der Waals surface area contributed by atoms with Gasteiger partial charge in [0.2, 0.25) is 5.95 Å². The van der Waals surface area contributed by atoms with Crippen molar-refractivity contribution in [1.82, 2.24) is 15.3 Å². The lowest BCUT2D eigenvalue weighted by Crippen LogP contribution is -2.25. The van der Waals surface area contributed by atoms with Gasteiger partial charge in [-0.25, -0.2) is 9.97 Å². The highest BCUT2D eigenvalue weighted by molar-refractivity contribution is 9.10. The van der Waals surface area contributed by atoms with Crippen molar-refractivity contribution in [1.29, 1.82) is 0 Å². The van der Waals surface area contributed by atoms with Crippen LogP contribution in [0.4, 0.5) is 11.6 Å². The van der Waals surface area contributed by atoms with E-state index in [0.29, 0.717) is 18.2 Å². The van der Waals surface area contributed by atoms with Gasteiger partial charge in [0.15, 0.2) is 0 Å². The van der Waals surface area contributed by atoms with Crippen molar-refractivity contribution in [3.8, 4) is 0 Å². The number of nitrogens with zero attached hydrogens (tertiary/aromatic N) is 2. The first-order chi connectivity index (χ1) is 10.2. The molecule has 0 radical (unpaired) electrons. The van der Waals surface area contributed by atoms with Crippen molar-refractivity contribution in [2.45, 2.75) is 19.8 Å². The van der Waals surface area contributed by atoms with E-state index < -0.39 is 0 Å². The Labute approximate surface area is 132 Å². The van der Waals surface area contributed by atoms with E-state index in [1.165, 1.54) is 0 Å². The Morgan fingerprint density at radius 2 is 2.19 bits per heavy atom. The molecule has 110 valence electrons. The van der Waals surface area contributed by atoms with Gasteiger partial charge in [-0.15, -0.1) is 0 Å². The van der Waals surface area contributed by atoms with E-state index >= 15 is 0 Å². The molecular weight excluding hydrogens is 332 g/mol. The maximum absolute atomic E-state index is 11.9. The zero-order valence-electron chi connectivity index (χ0n) is 11.8. The molecule has 2 rings (SSSR count). The Morgan fingerprint density at radius 1 is 1.33 bits per heavy atom. The first kappa shape index (κ1) is 15.4. The second kappa shape index (κ2) is 7.73. The van der Waals surface area contributed by atoms with Gasteiger partial charge in [-0.05, 0) is 30.7 Å². The SMILES string of the molecule is CCCCNC(=O)c1ccnc(Nc2cccc(Br)c2)n1. The van der Waals surface area contributed by atoms with Crippen molar-refractivity contribution < 1.29 is 4.79 Å². The number of carbonyl (C=O) groups excluding carboxylic acids is 1. The van der Waals surface area contributed by atoms with Crippen LogP contribution in [0.1, 0.15) is 30.3 Å². The Bertz CT molecular complexity index is 618. The Hall–Kier alpha value is -1.95. The normalized spacial score (nSPS) is 10.2. The van der Waals surface area contributed by atoms with Gasteiger partial charge in [-0.3, -0.25) is 4.79 Å². The highest BCUT2D eigenvalue weighted by atomic mass is 79.9. The van der Waals surface area contributed by atoms with Crippen LogP contribution in [0, 0.1) is 0 Å². The number of carbonyl (C=O) groups is 1. The number of unbranched alkanes of at least 4 members (excludes halogenated alkanes) is 1. The number of halogens is 1.